The molecule has 1 amide bonds. The van der Waals surface area contributed by atoms with Gasteiger partial charge in [-0.05, 0) is 43.4 Å². The summed E-state index contributed by atoms with van der Waals surface area (Å²) >= 11 is 5.23. The van der Waals surface area contributed by atoms with Gasteiger partial charge in [-0.3, -0.25) is 4.90 Å². The summed E-state index contributed by atoms with van der Waals surface area (Å²) in [4.78, 5) is 15.0. The Bertz CT molecular complexity index is 781. The van der Waals surface area contributed by atoms with Gasteiger partial charge in [0.05, 0.1) is 32.8 Å². The van der Waals surface area contributed by atoms with Crippen LogP contribution < -0.4 is 4.90 Å². The Labute approximate surface area is 149 Å². The molecule has 1 aliphatic heterocycles. The van der Waals surface area contributed by atoms with Crippen molar-refractivity contribution in [2.75, 3.05) is 32.8 Å². The molecule has 1 aliphatic rings. The largest absolute Gasteiger partial charge is 0.450 e. The van der Waals surface area contributed by atoms with Crippen LogP contribution in [0.3, 0.4) is 0 Å². The number of ether oxygens (including phenoxy) is 1. The lowest BCUT2D eigenvalue weighted by molar-refractivity contribution is -0.927. The van der Waals surface area contributed by atoms with Crippen LogP contribution in [0.2, 0.25) is 0 Å². The van der Waals surface area contributed by atoms with Crippen molar-refractivity contribution in [1.29, 1.82) is 0 Å². The Morgan fingerprint density at radius 1 is 1.36 bits per heavy atom. The van der Waals surface area contributed by atoms with Gasteiger partial charge in [0.2, 0.25) is 5.89 Å². The van der Waals surface area contributed by atoms with Gasteiger partial charge in [-0.25, -0.2) is 9.18 Å². The minimum atomic E-state index is -0.314. The summed E-state index contributed by atoms with van der Waals surface area (Å²) in [5.74, 6) is 0.0558. The number of benzene rings is 1. The smallest absolute Gasteiger partial charge is 0.410 e. The molecule has 25 heavy (non-hydrogen) atoms. The summed E-state index contributed by atoms with van der Waals surface area (Å²) in [5, 5.41) is 4.38. The maximum atomic E-state index is 13.0. The Kier molecular flexibility index (Phi) is 5.44. The summed E-state index contributed by atoms with van der Waals surface area (Å²) < 4.78 is 25.2. The number of aromatic nitrogens is 2. The Morgan fingerprint density at radius 2 is 2.04 bits per heavy atom. The molecule has 3 rings (SSSR count). The summed E-state index contributed by atoms with van der Waals surface area (Å²) in [5.41, 5.74) is 0.674. The van der Waals surface area contributed by atoms with E-state index in [1.807, 2.05) is 0 Å². The molecule has 1 saturated heterocycles. The lowest BCUT2D eigenvalue weighted by Crippen LogP contribution is -3.14. The van der Waals surface area contributed by atoms with E-state index in [0.29, 0.717) is 37.8 Å². The quantitative estimate of drug-likeness (QED) is 0.826. The molecule has 0 spiro atoms. The molecule has 2 heterocycles. The SMILES string of the molecule is CCOC(=O)N1CC[NH+](Cn2nc(-c3ccc(F)cc3)oc2=S)CC1. The van der Waals surface area contributed by atoms with Gasteiger partial charge in [0.25, 0.3) is 4.84 Å². The molecule has 7 nitrogen and oxygen atoms in total. The van der Waals surface area contributed by atoms with E-state index in [2.05, 4.69) is 5.10 Å². The third-order valence-electron chi connectivity index (χ3n) is 4.07. The van der Waals surface area contributed by atoms with Crippen LogP contribution in [-0.2, 0) is 11.4 Å². The number of piperazine rings is 1. The lowest BCUT2D eigenvalue weighted by atomic mass is 10.2. The first-order chi connectivity index (χ1) is 12.1. The Hall–Kier alpha value is -2.26. The monoisotopic (exact) mass is 367 g/mol. The molecule has 134 valence electrons. The number of nitrogens with zero attached hydrogens (tertiary/aromatic N) is 3. The maximum Gasteiger partial charge on any atom is 0.410 e. The molecule has 1 fully saturated rings. The molecule has 9 heteroatoms. The van der Waals surface area contributed by atoms with Gasteiger partial charge >= 0.3 is 6.09 Å². The molecule has 1 aromatic carbocycles. The van der Waals surface area contributed by atoms with Crippen LogP contribution in [0.1, 0.15) is 6.92 Å². The highest BCUT2D eigenvalue weighted by molar-refractivity contribution is 7.71. The lowest BCUT2D eigenvalue weighted by Gasteiger charge is -2.31. The van der Waals surface area contributed by atoms with Gasteiger partial charge in [-0.2, -0.15) is 4.68 Å². The van der Waals surface area contributed by atoms with Crippen molar-refractivity contribution in [2.45, 2.75) is 13.6 Å². The second kappa shape index (κ2) is 7.75. The van der Waals surface area contributed by atoms with E-state index < -0.39 is 0 Å². The number of quaternary nitrogens is 1. The standard InChI is InChI=1S/C16H19FN4O3S/c1-2-23-15(22)20-9-7-19(8-10-20)11-21-16(25)24-14(18-21)12-3-5-13(17)6-4-12/h3-6H,2,7-11H2,1H3/p+1. The first kappa shape index (κ1) is 17.6. The molecule has 1 N–H and O–H groups in total. The summed E-state index contributed by atoms with van der Waals surface area (Å²) in [7, 11) is 0. The number of nitrogens with one attached hydrogen (secondary N) is 1. The highest BCUT2D eigenvalue weighted by atomic mass is 32.1. The number of carbonyl (C=O) groups excluding carboxylic acids is 1. The van der Waals surface area contributed by atoms with Crippen LogP contribution in [0.25, 0.3) is 11.5 Å². The van der Waals surface area contributed by atoms with Gasteiger partial charge in [-0.1, -0.05) is 0 Å². The van der Waals surface area contributed by atoms with Crippen molar-refractivity contribution in [3.63, 3.8) is 0 Å². The van der Waals surface area contributed by atoms with Crippen molar-refractivity contribution in [1.82, 2.24) is 14.7 Å². The van der Waals surface area contributed by atoms with Crippen LogP contribution in [-0.4, -0.2) is 53.6 Å². The van der Waals surface area contributed by atoms with Gasteiger partial charge in [0.15, 0.2) is 6.67 Å². The number of hydrogen-bond donors (Lipinski definition) is 1. The van der Waals surface area contributed by atoms with Crippen molar-refractivity contribution in [2.24, 2.45) is 0 Å². The van der Waals surface area contributed by atoms with E-state index in [-0.39, 0.29) is 16.7 Å². The van der Waals surface area contributed by atoms with E-state index >= 15 is 0 Å². The molecule has 0 saturated carbocycles. The summed E-state index contributed by atoms with van der Waals surface area (Å²) in [6.45, 7) is 5.55. The van der Waals surface area contributed by atoms with Crippen LogP contribution in [0, 0.1) is 10.7 Å². The highest BCUT2D eigenvalue weighted by Gasteiger charge is 2.25. The van der Waals surface area contributed by atoms with Crippen molar-refractivity contribution in [3.8, 4) is 11.5 Å². The molecule has 1 aromatic heterocycles. The highest BCUT2D eigenvalue weighted by Crippen LogP contribution is 2.17. The van der Waals surface area contributed by atoms with Crippen LogP contribution in [0.15, 0.2) is 28.7 Å². The molecular weight excluding hydrogens is 347 g/mol. The van der Waals surface area contributed by atoms with E-state index in [9.17, 15) is 9.18 Å². The second-order valence-electron chi connectivity index (χ2n) is 5.77. The number of hydrogen-bond acceptors (Lipinski definition) is 5. The molecule has 0 radical (unpaired) electrons. The molecule has 0 bridgehead atoms. The van der Waals surface area contributed by atoms with E-state index in [1.54, 1.807) is 28.6 Å². The fourth-order valence-corrected chi connectivity index (χ4v) is 2.89. The van der Waals surface area contributed by atoms with Crippen LogP contribution in [0.5, 0.6) is 0 Å². The zero-order valence-corrected chi connectivity index (χ0v) is 14.7. The van der Waals surface area contributed by atoms with E-state index in [0.717, 1.165) is 13.1 Å². The average molecular weight is 367 g/mol. The molecule has 0 atom stereocenters. The minimum Gasteiger partial charge on any atom is -0.450 e. The number of rotatable bonds is 4. The van der Waals surface area contributed by atoms with Crippen LogP contribution >= 0.6 is 12.2 Å². The third-order valence-corrected chi connectivity index (χ3v) is 4.36. The maximum absolute atomic E-state index is 13.0. The number of carbonyl (C=O) groups is 1. The fourth-order valence-electron chi connectivity index (χ4n) is 2.71. The molecule has 0 unspecified atom stereocenters. The van der Waals surface area contributed by atoms with Crippen LogP contribution in [0.4, 0.5) is 9.18 Å². The fraction of sp³-hybridized carbons (Fsp3) is 0.438. The second-order valence-corrected chi connectivity index (χ2v) is 6.12. The number of halogens is 1. The van der Waals surface area contributed by atoms with Gasteiger partial charge < -0.3 is 14.1 Å². The predicted octanol–water partition coefficient (Wildman–Crippen LogP) is 1.33. The number of amides is 1. The summed E-state index contributed by atoms with van der Waals surface area (Å²) in [6, 6.07) is 5.91. The predicted molar refractivity (Wildman–Crippen MR) is 90.0 cm³/mol. The van der Waals surface area contributed by atoms with Crippen molar-refractivity contribution >= 4 is 18.3 Å². The zero-order chi connectivity index (χ0) is 17.8. The third kappa shape index (κ3) is 4.23. The van der Waals surface area contributed by atoms with Gasteiger partial charge in [-0.15, -0.1) is 5.10 Å². The Morgan fingerprint density at radius 3 is 2.68 bits per heavy atom. The van der Waals surface area contributed by atoms with Crippen molar-refractivity contribution < 1.29 is 23.2 Å². The molecule has 2 aromatic rings. The Balaban J connectivity index is 1.62. The molecule has 0 aliphatic carbocycles. The normalized spacial score (nSPS) is 15.4. The van der Waals surface area contributed by atoms with Gasteiger partial charge in [0, 0.05) is 5.56 Å². The van der Waals surface area contributed by atoms with E-state index in [4.69, 9.17) is 21.4 Å². The minimum absolute atomic E-state index is 0.266. The molecular formula is C16H20FN4O3S+. The first-order valence-electron chi connectivity index (χ1n) is 8.16. The topological polar surface area (TPSA) is 64.9 Å². The van der Waals surface area contributed by atoms with Crippen molar-refractivity contribution in [3.05, 3.63) is 34.9 Å². The van der Waals surface area contributed by atoms with E-state index in [1.165, 1.54) is 17.0 Å². The van der Waals surface area contributed by atoms with Gasteiger partial charge in [0.1, 0.15) is 5.82 Å². The zero-order valence-electron chi connectivity index (χ0n) is 13.9. The average Bonchev–Trinajstić information content (AvgIpc) is 2.97. The first-order valence-corrected chi connectivity index (χ1v) is 8.57. The summed E-state index contributed by atoms with van der Waals surface area (Å²) in [6.07, 6.45) is -0.266.